The minimum atomic E-state index is -0.0185. The quantitative estimate of drug-likeness (QED) is 0.380. The molecule has 0 fully saturated rings. The molecule has 96 valence electrons. The normalized spacial score (nSPS) is 12.1. The zero-order valence-corrected chi connectivity index (χ0v) is 11.6. The standard InChI is InChI=1S/C10H13BrN6O/c1-6-8(11)7(16(2)14-6)5-17-4-3-13-10(17)9(12)15-18/h3-4,18H,5H2,1-2H3,(H2,12,15). The van der Waals surface area contributed by atoms with Crippen LogP contribution in [0, 0.1) is 6.92 Å². The van der Waals surface area contributed by atoms with E-state index >= 15 is 0 Å². The lowest BCUT2D eigenvalue weighted by atomic mass is 10.3. The molecule has 0 aliphatic heterocycles. The van der Waals surface area contributed by atoms with Crippen molar-refractivity contribution in [3.8, 4) is 0 Å². The Kier molecular flexibility index (Phi) is 3.37. The van der Waals surface area contributed by atoms with Crippen LogP contribution in [-0.4, -0.2) is 30.4 Å². The van der Waals surface area contributed by atoms with Gasteiger partial charge in [0.1, 0.15) is 0 Å². The molecule has 2 aromatic heterocycles. The van der Waals surface area contributed by atoms with Crippen LogP contribution in [0.25, 0.3) is 0 Å². The van der Waals surface area contributed by atoms with E-state index in [-0.39, 0.29) is 5.84 Å². The monoisotopic (exact) mass is 312 g/mol. The molecule has 8 heteroatoms. The Labute approximate surface area is 112 Å². The molecule has 2 aromatic rings. The number of rotatable bonds is 3. The average molecular weight is 313 g/mol. The van der Waals surface area contributed by atoms with Gasteiger partial charge >= 0.3 is 0 Å². The van der Waals surface area contributed by atoms with Crippen molar-refractivity contribution in [1.82, 2.24) is 19.3 Å². The maximum Gasteiger partial charge on any atom is 0.206 e. The summed E-state index contributed by atoms with van der Waals surface area (Å²) in [5.74, 6) is 0.401. The van der Waals surface area contributed by atoms with E-state index in [2.05, 4.69) is 31.2 Å². The Morgan fingerprint density at radius 1 is 1.61 bits per heavy atom. The van der Waals surface area contributed by atoms with E-state index in [1.807, 2.05) is 14.0 Å². The van der Waals surface area contributed by atoms with Gasteiger partial charge < -0.3 is 15.5 Å². The number of amidine groups is 1. The van der Waals surface area contributed by atoms with Crippen molar-refractivity contribution < 1.29 is 5.21 Å². The third-order valence-corrected chi connectivity index (χ3v) is 3.67. The molecule has 18 heavy (non-hydrogen) atoms. The Bertz CT molecular complexity index is 600. The van der Waals surface area contributed by atoms with Crippen LogP contribution < -0.4 is 5.73 Å². The van der Waals surface area contributed by atoms with Gasteiger partial charge in [-0.2, -0.15) is 5.10 Å². The first-order chi connectivity index (χ1) is 8.54. The predicted molar refractivity (Wildman–Crippen MR) is 69.5 cm³/mol. The molecule has 3 N–H and O–H groups in total. The first kappa shape index (κ1) is 12.6. The SMILES string of the molecule is Cc1nn(C)c(Cn2ccnc2C(N)=NO)c1Br. The lowest BCUT2D eigenvalue weighted by Gasteiger charge is -2.07. The van der Waals surface area contributed by atoms with E-state index in [1.165, 1.54) is 0 Å². The van der Waals surface area contributed by atoms with Gasteiger partial charge in [-0.15, -0.1) is 0 Å². The van der Waals surface area contributed by atoms with Gasteiger partial charge in [-0.05, 0) is 22.9 Å². The van der Waals surface area contributed by atoms with Gasteiger partial charge in [0.05, 0.1) is 22.4 Å². The zero-order valence-electron chi connectivity index (χ0n) is 10.0. The van der Waals surface area contributed by atoms with E-state index in [9.17, 15) is 0 Å². The number of hydrogen-bond acceptors (Lipinski definition) is 4. The van der Waals surface area contributed by atoms with Crippen LogP contribution in [0.1, 0.15) is 17.2 Å². The van der Waals surface area contributed by atoms with Crippen LogP contribution in [0.2, 0.25) is 0 Å². The lowest BCUT2D eigenvalue weighted by Crippen LogP contribution is -2.20. The molecule has 0 aliphatic carbocycles. The number of aryl methyl sites for hydroxylation is 2. The Balaban J connectivity index is 2.38. The maximum atomic E-state index is 8.69. The van der Waals surface area contributed by atoms with Crippen LogP contribution in [0.15, 0.2) is 22.0 Å². The molecular weight excluding hydrogens is 300 g/mol. The fourth-order valence-electron chi connectivity index (χ4n) is 1.73. The van der Waals surface area contributed by atoms with Crippen molar-refractivity contribution in [2.24, 2.45) is 17.9 Å². The number of hydrogen-bond donors (Lipinski definition) is 2. The van der Waals surface area contributed by atoms with Crippen molar-refractivity contribution in [3.63, 3.8) is 0 Å². The Morgan fingerprint density at radius 3 is 2.89 bits per heavy atom. The maximum absolute atomic E-state index is 8.69. The molecule has 0 atom stereocenters. The summed E-state index contributed by atoms with van der Waals surface area (Å²) in [4.78, 5) is 4.05. The fraction of sp³-hybridized carbons (Fsp3) is 0.300. The highest BCUT2D eigenvalue weighted by atomic mass is 79.9. The second-order valence-corrected chi connectivity index (χ2v) is 4.63. The van der Waals surface area contributed by atoms with Crippen molar-refractivity contribution in [2.75, 3.05) is 0 Å². The molecule has 0 saturated carbocycles. The van der Waals surface area contributed by atoms with E-state index < -0.39 is 0 Å². The predicted octanol–water partition coefficient (Wildman–Crippen LogP) is 0.830. The van der Waals surface area contributed by atoms with Crippen molar-refractivity contribution in [1.29, 1.82) is 0 Å². The van der Waals surface area contributed by atoms with E-state index in [4.69, 9.17) is 10.9 Å². The number of halogens is 1. The van der Waals surface area contributed by atoms with Gasteiger partial charge in [0.15, 0.2) is 5.82 Å². The topological polar surface area (TPSA) is 94.2 Å². The molecule has 0 bridgehead atoms. The third kappa shape index (κ3) is 2.10. The first-order valence-corrected chi connectivity index (χ1v) is 6.01. The van der Waals surface area contributed by atoms with Gasteiger partial charge in [0.25, 0.3) is 0 Å². The minimum absolute atomic E-state index is 0.0185. The molecular formula is C10H13BrN6O. The summed E-state index contributed by atoms with van der Waals surface area (Å²) in [7, 11) is 1.87. The van der Waals surface area contributed by atoms with Crippen molar-refractivity contribution in [2.45, 2.75) is 13.5 Å². The van der Waals surface area contributed by atoms with Crippen LogP contribution in [0.5, 0.6) is 0 Å². The zero-order chi connectivity index (χ0) is 13.3. The summed E-state index contributed by atoms with van der Waals surface area (Å²) in [6.45, 7) is 2.45. The first-order valence-electron chi connectivity index (χ1n) is 5.21. The summed E-state index contributed by atoms with van der Waals surface area (Å²) in [5.41, 5.74) is 7.46. The highest BCUT2D eigenvalue weighted by molar-refractivity contribution is 9.10. The smallest absolute Gasteiger partial charge is 0.206 e. The number of nitrogens with zero attached hydrogens (tertiary/aromatic N) is 5. The van der Waals surface area contributed by atoms with Gasteiger partial charge in [-0.3, -0.25) is 4.68 Å². The van der Waals surface area contributed by atoms with Crippen LogP contribution in [0.3, 0.4) is 0 Å². The largest absolute Gasteiger partial charge is 0.409 e. The number of imidazole rings is 1. The van der Waals surface area contributed by atoms with Gasteiger partial charge in [-0.1, -0.05) is 5.16 Å². The average Bonchev–Trinajstić information content (AvgIpc) is 2.89. The molecule has 0 aliphatic rings. The molecule has 7 nitrogen and oxygen atoms in total. The number of aromatic nitrogens is 4. The molecule has 0 aromatic carbocycles. The molecule has 0 radical (unpaired) electrons. The molecule has 2 rings (SSSR count). The summed E-state index contributed by atoms with van der Waals surface area (Å²) >= 11 is 3.50. The summed E-state index contributed by atoms with van der Waals surface area (Å²) in [5, 5.41) is 16.0. The third-order valence-electron chi connectivity index (χ3n) is 2.63. The second-order valence-electron chi connectivity index (χ2n) is 3.83. The fourth-order valence-corrected chi connectivity index (χ4v) is 2.19. The highest BCUT2D eigenvalue weighted by Crippen LogP contribution is 2.21. The molecule has 0 unspecified atom stereocenters. The summed E-state index contributed by atoms with van der Waals surface area (Å²) in [6.07, 6.45) is 3.37. The van der Waals surface area contributed by atoms with E-state index in [0.29, 0.717) is 12.4 Å². The molecule has 0 saturated heterocycles. The van der Waals surface area contributed by atoms with E-state index in [0.717, 1.165) is 15.9 Å². The van der Waals surface area contributed by atoms with Crippen LogP contribution in [-0.2, 0) is 13.6 Å². The molecule has 0 spiro atoms. The van der Waals surface area contributed by atoms with Gasteiger partial charge in [0, 0.05) is 19.4 Å². The van der Waals surface area contributed by atoms with Crippen LogP contribution in [0.4, 0.5) is 0 Å². The number of nitrogens with two attached hydrogens (primary N) is 1. The molecule has 0 amide bonds. The summed E-state index contributed by atoms with van der Waals surface area (Å²) in [6, 6.07) is 0. The highest BCUT2D eigenvalue weighted by Gasteiger charge is 2.14. The van der Waals surface area contributed by atoms with Crippen molar-refractivity contribution in [3.05, 3.63) is 34.1 Å². The van der Waals surface area contributed by atoms with E-state index in [1.54, 1.807) is 21.6 Å². The van der Waals surface area contributed by atoms with Crippen molar-refractivity contribution >= 4 is 21.8 Å². The number of oxime groups is 1. The summed E-state index contributed by atoms with van der Waals surface area (Å²) < 4.78 is 4.52. The molecule has 2 heterocycles. The van der Waals surface area contributed by atoms with Gasteiger partial charge in [0.2, 0.25) is 5.84 Å². The Morgan fingerprint density at radius 2 is 2.33 bits per heavy atom. The minimum Gasteiger partial charge on any atom is -0.409 e. The van der Waals surface area contributed by atoms with Gasteiger partial charge in [-0.25, -0.2) is 4.98 Å². The lowest BCUT2D eigenvalue weighted by molar-refractivity contribution is 0.318. The second kappa shape index (κ2) is 4.81. The van der Waals surface area contributed by atoms with Crippen LogP contribution >= 0.6 is 15.9 Å². The Hall–Kier alpha value is -1.83.